The van der Waals surface area contributed by atoms with Crippen molar-refractivity contribution >= 4 is 16.8 Å². The number of hydrogen-bond acceptors (Lipinski definition) is 4. The molecule has 0 aliphatic rings. The van der Waals surface area contributed by atoms with Crippen molar-refractivity contribution < 1.29 is 13.7 Å². The maximum Gasteiger partial charge on any atom is 0.191 e. The van der Waals surface area contributed by atoms with Gasteiger partial charge in [-0.25, -0.2) is 4.99 Å². The van der Waals surface area contributed by atoms with Gasteiger partial charge in [0.25, 0.3) is 0 Å². The molecule has 2 rings (SSSR count). The summed E-state index contributed by atoms with van der Waals surface area (Å²) in [5.74, 6) is 2.68. The molecule has 1 unspecified atom stereocenters. The fourth-order valence-electron chi connectivity index (χ4n) is 2.90. The van der Waals surface area contributed by atoms with Crippen LogP contribution >= 0.6 is 0 Å². The molecule has 170 valence electrons. The van der Waals surface area contributed by atoms with Crippen molar-refractivity contribution in [3.63, 3.8) is 0 Å². The first-order valence-corrected chi connectivity index (χ1v) is 12.3. The van der Waals surface area contributed by atoms with Crippen LogP contribution in [0, 0.1) is 6.92 Å². The van der Waals surface area contributed by atoms with E-state index < -0.39 is 10.8 Å². The lowest BCUT2D eigenvalue weighted by molar-refractivity contribution is 0.110. The summed E-state index contributed by atoms with van der Waals surface area (Å²) in [6.07, 6.45) is 0. The lowest BCUT2D eigenvalue weighted by Crippen LogP contribution is -2.39. The monoisotopic (exact) mass is 445 g/mol. The Balaban J connectivity index is 1.89. The van der Waals surface area contributed by atoms with Crippen LogP contribution in [-0.2, 0) is 27.8 Å². The zero-order chi connectivity index (χ0) is 22.3. The Hall–Kier alpha value is -2.38. The number of nitrogens with one attached hydrogen (secondary N) is 2. The number of aliphatic imine (C=N–C) groups is 1. The van der Waals surface area contributed by atoms with E-state index in [0.29, 0.717) is 50.4 Å². The molecular weight excluding hydrogens is 410 g/mol. The van der Waals surface area contributed by atoms with Crippen LogP contribution in [0.1, 0.15) is 30.5 Å². The minimum Gasteiger partial charge on any atom is -0.491 e. The second-order valence-corrected chi connectivity index (χ2v) is 8.63. The fourth-order valence-corrected chi connectivity index (χ4v) is 3.94. The van der Waals surface area contributed by atoms with E-state index in [4.69, 9.17) is 9.47 Å². The highest BCUT2D eigenvalue weighted by Crippen LogP contribution is 2.21. The van der Waals surface area contributed by atoms with E-state index in [1.54, 1.807) is 0 Å². The summed E-state index contributed by atoms with van der Waals surface area (Å²) >= 11 is 0. The van der Waals surface area contributed by atoms with E-state index in [1.165, 1.54) is 0 Å². The molecule has 0 amide bonds. The lowest BCUT2D eigenvalue weighted by atomic mass is 10.1. The van der Waals surface area contributed by atoms with Crippen molar-refractivity contribution in [2.45, 2.75) is 33.1 Å². The van der Waals surface area contributed by atoms with Gasteiger partial charge in [-0.3, -0.25) is 4.21 Å². The van der Waals surface area contributed by atoms with Crippen LogP contribution in [0.3, 0.4) is 0 Å². The molecule has 1 atom stereocenters. The Morgan fingerprint density at radius 1 is 1.06 bits per heavy atom. The molecule has 0 radical (unpaired) electrons. The third-order valence-corrected chi connectivity index (χ3v) is 5.77. The van der Waals surface area contributed by atoms with Gasteiger partial charge in [-0.15, -0.1) is 0 Å². The summed E-state index contributed by atoms with van der Waals surface area (Å²) < 4.78 is 23.6. The van der Waals surface area contributed by atoms with Crippen LogP contribution in [0.2, 0.25) is 0 Å². The Bertz CT molecular complexity index is 828. The molecule has 6 nitrogen and oxygen atoms in total. The van der Waals surface area contributed by atoms with E-state index in [0.717, 1.165) is 29.0 Å². The average Bonchev–Trinajstić information content (AvgIpc) is 2.76. The SMILES string of the molecule is CCNC(=NCc1ccc(C)cc1OCCOCC)NCCS(=O)Cc1ccccc1. The molecule has 2 aromatic carbocycles. The molecule has 2 N–H and O–H groups in total. The van der Waals surface area contributed by atoms with Crippen LogP contribution < -0.4 is 15.4 Å². The quantitative estimate of drug-likeness (QED) is 0.281. The highest BCUT2D eigenvalue weighted by atomic mass is 32.2. The third kappa shape index (κ3) is 9.98. The summed E-state index contributed by atoms with van der Waals surface area (Å²) in [6, 6.07) is 16.1. The first kappa shape index (κ1) is 24.9. The van der Waals surface area contributed by atoms with Crippen molar-refractivity contribution in [1.82, 2.24) is 10.6 Å². The minimum absolute atomic E-state index is 0.493. The van der Waals surface area contributed by atoms with Gasteiger partial charge in [-0.1, -0.05) is 42.5 Å². The molecule has 0 aromatic heterocycles. The van der Waals surface area contributed by atoms with E-state index in [1.807, 2.05) is 63.2 Å². The molecule has 2 aromatic rings. The molecule has 0 fully saturated rings. The van der Waals surface area contributed by atoms with Gasteiger partial charge in [-0.05, 0) is 38.0 Å². The Labute approximate surface area is 188 Å². The van der Waals surface area contributed by atoms with Gasteiger partial charge in [-0.2, -0.15) is 0 Å². The van der Waals surface area contributed by atoms with Crippen molar-refractivity contribution in [3.8, 4) is 5.75 Å². The highest BCUT2D eigenvalue weighted by molar-refractivity contribution is 7.84. The number of aryl methyl sites for hydroxylation is 1. The largest absolute Gasteiger partial charge is 0.491 e. The number of hydrogen-bond donors (Lipinski definition) is 2. The van der Waals surface area contributed by atoms with Gasteiger partial charge in [0.2, 0.25) is 0 Å². The zero-order valence-corrected chi connectivity index (χ0v) is 19.7. The summed E-state index contributed by atoms with van der Waals surface area (Å²) in [7, 11) is -0.920. The summed E-state index contributed by atoms with van der Waals surface area (Å²) in [5.41, 5.74) is 3.26. The first-order chi connectivity index (χ1) is 15.1. The van der Waals surface area contributed by atoms with Crippen LogP contribution in [0.5, 0.6) is 5.75 Å². The summed E-state index contributed by atoms with van der Waals surface area (Å²) in [6.45, 7) is 9.65. The minimum atomic E-state index is -0.920. The molecule has 0 heterocycles. The topological polar surface area (TPSA) is 72.0 Å². The average molecular weight is 446 g/mol. The van der Waals surface area contributed by atoms with Crippen molar-refractivity contribution in [1.29, 1.82) is 0 Å². The molecule has 7 heteroatoms. The standard InChI is InChI=1S/C24H35N3O3S/c1-4-25-24(26-13-16-31(28)19-21-9-7-6-8-10-21)27-18-22-12-11-20(3)17-23(22)30-15-14-29-5-2/h6-12,17H,4-5,13-16,18-19H2,1-3H3,(H2,25,26,27). The molecule has 0 saturated heterocycles. The Morgan fingerprint density at radius 3 is 2.61 bits per heavy atom. The van der Waals surface area contributed by atoms with Crippen molar-refractivity contribution in [2.75, 3.05) is 38.7 Å². The van der Waals surface area contributed by atoms with Crippen LogP contribution in [0.4, 0.5) is 0 Å². The molecular formula is C24H35N3O3S. The van der Waals surface area contributed by atoms with Crippen molar-refractivity contribution in [3.05, 3.63) is 65.2 Å². The lowest BCUT2D eigenvalue weighted by Gasteiger charge is -2.14. The molecule has 0 spiro atoms. The highest BCUT2D eigenvalue weighted by Gasteiger charge is 2.06. The van der Waals surface area contributed by atoms with Crippen LogP contribution in [0.15, 0.2) is 53.5 Å². The Kier molecular flexibility index (Phi) is 11.7. The maximum absolute atomic E-state index is 12.3. The van der Waals surface area contributed by atoms with Gasteiger partial charge >= 0.3 is 0 Å². The molecule has 31 heavy (non-hydrogen) atoms. The van der Waals surface area contributed by atoms with Gasteiger partial charge < -0.3 is 20.1 Å². The van der Waals surface area contributed by atoms with E-state index in [-0.39, 0.29) is 0 Å². The van der Waals surface area contributed by atoms with Crippen LogP contribution in [-0.4, -0.2) is 48.8 Å². The van der Waals surface area contributed by atoms with E-state index >= 15 is 0 Å². The number of guanidine groups is 1. The smallest absolute Gasteiger partial charge is 0.191 e. The molecule has 0 aliphatic carbocycles. The fraction of sp³-hybridized carbons (Fsp3) is 0.458. The number of ether oxygens (including phenoxy) is 2. The van der Waals surface area contributed by atoms with Crippen LogP contribution in [0.25, 0.3) is 0 Å². The first-order valence-electron chi connectivity index (χ1n) is 10.8. The van der Waals surface area contributed by atoms with Gasteiger partial charge in [0.1, 0.15) is 12.4 Å². The molecule has 0 saturated carbocycles. The second-order valence-electron chi connectivity index (χ2n) is 7.05. The van der Waals surface area contributed by atoms with E-state index in [2.05, 4.69) is 21.7 Å². The number of benzene rings is 2. The second kappa shape index (κ2) is 14.6. The number of rotatable bonds is 13. The molecule has 0 bridgehead atoms. The van der Waals surface area contributed by atoms with Gasteiger partial charge in [0.15, 0.2) is 5.96 Å². The predicted molar refractivity (Wildman–Crippen MR) is 129 cm³/mol. The maximum atomic E-state index is 12.3. The summed E-state index contributed by atoms with van der Waals surface area (Å²) in [5, 5.41) is 6.53. The Morgan fingerprint density at radius 2 is 1.87 bits per heavy atom. The van der Waals surface area contributed by atoms with Crippen molar-refractivity contribution in [2.24, 2.45) is 4.99 Å². The third-order valence-electron chi connectivity index (χ3n) is 4.46. The molecule has 0 aliphatic heterocycles. The van der Waals surface area contributed by atoms with Gasteiger partial charge in [0, 0.05) is 47.6 Å². The summed E-state index contributed by atoms with van der Waals surface area (Å²) in [4.78, 5) is 4.68. The van der Waals surface area contributed by atoms with Gasteiger partial charge in [0.05, 0.1) is 13.2 Å². The predicted octanol–water partition coefficient (Wildman–Crippen LogP) is 3.41. The normalized spacial score (nSPS) is 12.4. The van der Waals surface area contributed by atoms with E-state index in [9.17, 15) is 4.21 Å². The zero-order valence-electron chi connectivity index (χ0n) is 18.9. The number of nitrogens with zero attached hydrogens (tertiary/aromatic N) is 1.